The van der Waals surface area contributed by atoms with Gasteiger partial charge in [0.2, 0.25) is 0 Å². The van der Waals surface area contributed by atoms with Gasteiger partial charge in [-0.05, 0) is 6.92 Å². The summed E-state index contributed by atoms with van der Waals surface area (Å²) in [6, 6.07) is 1.71. The molecule has 90 valence electrons. The number of likely N-dealkylation sites (N-methyl/N-ethyl adjacent to an activating group) is 1. The Labute approximate surface area is 97.6 Å². The summed E-state index contributed by atoms with van der Waals surface area (Å²) in [6.07, 6.45) is 0. The van der Waals surface area contributed by atoms with E-state index in [2.05, 4.69) is 20.5 Å². The molecule has 8 heteroatoms. The molecule has 0 saturated carbocycles. The topological polar surface area (TPSA) is 115 Å². The number of hydrogen-bond donors (Lipinski definition) is 2. The number of rotatable bonds is 3. The number of H-pyrrole nitrogens is 1. The fourth-order valence-electron chi connectivity index (χ4n) is 1.11. The Morgan fingerprint density at radius 3 is 2.82 bits per heavy atom. The molecule has 2 N–H and O–H groups in total. The van der Waals surface area contributed by atoms with Gasteiger partial charge in [0.05, 0.1) is 12.6 Å². The summed E-state index contributed by atoms with van der Waals surface area (Å²) in [5.74, 6) is -0.495. The number of carbonyl (C=O) groups is 2. The van der Waals surface area contributed by atoms with E-state index in [0.29, 0.717) is 11.6 Å². The van der Waals surface area contributed by atoms with Crippen LogP contribution in [-0.4, -0.2) is 45.5 Å². The van der Waals surface area contributed by atoms with E-state index in [-0.39, 0.29) is 13.1 Å². The highest BCUT2D eigenvalue weighted by Crippen LogP contribution is 1.97. The van der Waals surface area contributed by atoms with Gasteiger partial charge in [-0.25, -0.2) is 4.98 Å². The van der Waals surface area contributed by atoms with E-state index in [0.717, 1.165) is 0 Å². The number of nitrogens with zero attached hydrogens (tertiary/aromatic N) is 4. The van der Waals surface area contributed by atoms with E-state index in [1.165, 1.54) is 11.9 Å². The fraction of sp³-hybridized carbons (Fsp3) is 0.444. The molecule has 8 nitrogen and oxygen atoms in total. The van der Waals surface area contributed by atoms with Crippen LogP contribution in [0.5, 0.6) is 0 Å². The second-order valence-corrected chi connectivity index (χ2v) is 3.34. The van der Waals surface area contributed by atoms with Gasteiger partial charge in [0.1, 0.15) is 12.4 Å². The summed E-state index contributed by atoms with van der Waals surface area (Å²) in [4.78, 5) is 27.9. The highest BCUT2D eigenvalue weighted by Gasteiger charge is 2.19. The molecule has 1 heterocycles. The van der Waals surface area contributed by atoms with E-state index < -0.39 is 11.8 Å². The smallest absolute Gasteiger partial charge is 0.312 e. The van der Waals surface area contributed by atoms with Crippen molar-refractivity contribution < 1.29 is 9.59 Å². The molecule has 1 aromatic heterocycles. The minimum Gasteiger partial charge on any atom is -0.335 e. The Hall–Kier alpha value is -2.43. The summed E-state index contributed by atoms with van der Waals surface area (Å²) < 4.78 is 0. The molecule has 0 aliphatic carbocycles. The molecule has 1 aromatic rings. The van der Waals surface area contributed by atoms with Gasteiger partial charge in [-0.3, -0.25) is 14.7 Å². The molecule has 0 unspecified atom stereocenters. The summed E-state index contributed by atoms with van der Waals surface area (Å²) in [6.45, 7) is 1.67. The number of nitrogens with one attached hydrogen (secondary N) is 2. The lowest BCUT2D eigenvalue weighted by atomic mass is 10.4. The van der Waals surface area contributed by atoms with Gasteiger partial charge >= 0.3 is 11.8 Å². The van der Waals surface area contributed by atoms with Crippen LogP contribution < -0.4 is 5.32 Å². The van der Waals surface area contributed by atoms with Crippen LogP contribution in [0.4, 0.5) is 0 Å². The minimum absolute atomic E-state index is 0.128. The first-order valence-electron chi connectivity index (χ1n) is 4.82. The third-order valence-corrected chi connectivity index (χ3v) is 1.89. The minimum atomic E-state index is -0.818. The van der Waals surface area contributed by atoms with Gasteiger partial charge in [0.25, 0.3) is 0 Å². The van der Waals surface area contributed by atoms with E-state index in [4.69, 9.17) is 5.26 Å². The third kappa shape index (κ3) is 3.57. The van der Waals surface area contributed by atoms with Gasteiger partial charge in [0.15, 0.2) is 5.82 Å². The number of amides is 2. The van der Waals surface area contributed by atoms with Crippen molar-refractivity contribution >= 4 is 11.8 Å². The van der Waals surface area contributed by atoms with Crippen molar-refractivity contribution in [3.63, 3.8) is 0 Å². The quantitative estimate of drug-likeness (QED) is 0.500. The van der Waals surface area contributed by atoms with Crippen molar-refractivity contribution in [1.29, 1.82) is 5.26 Å². The monoisotopic (exact) mass is 236 g/mol. The Morgan fingerprint density at radius 1 is 1.59 bits per heavy atom. The second kappa shape index (κ2) is 5.60. The van der Waals surface area contributed by atoms with Crippen LogP contribution in [0.25, 0.3) is 0 Å². The normalized spacial score (nSPS) is 9.47. The molecule has 0 saturated heterocycles. The molecule has 0 fully saturated rings. The average molecular weight is 236 g/mol. The summed E-state index contributed by atoms with van der Waals surface area (Å²) >= 11 is 0. The Bertz CT molecular complexity index is 460. The Morgan fingerprint density at radius 2 is 2.29 bits per heavy atom. The van der Waals surface area contributed by atoms with Crippen LogP contribution in [0.1, 0.15) is 11.6 Å². The van der Waals surface area contributed by atoms with Gasteiger partial charge in [-0.15, -0.1) is 0 Å². The van der Waals surface area contributed by atoms with Crippen LogP contribution in [0.3, 0.4) is 0 Å². The van der Waals surface area contributed by atoms with Gasteiger partial charge in [0, 0.05) is 7.05 Å². The molecule has 0 spiro atoms. The predicted molar refractivity (Wildman–Crippen MR) is 56.2 cm³/mol. The van der Waals surface area contributed by atoms with Crippen molar-refractivity contribution in [2.24, 2.45) is 0 Å². The van der Waals surface area contributed by atoms with E-state index >= 15 is 0 Å². The molecule has 0 aliphatic rings. The van der Waals surface area contributed by atoms with Crippen molar-refractivity contribution in [2.45, 2.75) is 13.5 Å². The van der Waals surface area contributed by atoms with Gasteiger partial charge in [-0.1, -0.05) is 0 Å². The molecule has 0 aromatic carbocycles. The maximum Gasteiger partial charge on any atom is 0.312 e. The number of aromatic amines is 1. The molecule has 0 radical (unpaired) electrons. The Balaban J connectivity index is 2.53. The number of aryl methyl sites for hydroxylation is 1. The molecule has 17 heavy (non-hydrogen) atoms. The number of aromatic nitrogens is 3. The highest BCUT2D eigenvalue weighted by atomic mass is 16.2. The summed E-state index contributed by atoms with van der Waals surface area (Å²) in [5, 5.41) is 16.9. The number of nitriles is 1. The van der Waals surface area contributed by atoms with Gasteiger partial charge in [-0.2, -0.15) is 10.4 Å². The fourth-order valence-corrected chi connectivity index (χ4v) is 1.11. The highest BCUT2D eigenvalue weighted by molar-refractivity contribution is 6.34. The summed E-state index contributed by atoms with van der Waals surface area (Å²) in [7, 11) is 1.46. The van der Waals surface area contributed by atoms with Gasteiger partial charge < -0.3 is 10.2 Å². The average Bonchev–Trinajstić information content (AvgIpc) is 2.70. The van der Waals surface area contributed by atoms with E-state index in [9.17, 15) is 9.59 Å². The second-order valence-electron chi connectivity index (χ2n) is 3.34. The lowest BCUT2D eigenvalue weighted by Crippen LogP contribution is -2.40. The summed E-state index contributed by atoms with van der Waals surface area (Å²) in [5.41, 5.74) is 0. The Kier molecular flexibility index (Phi) is 4.16. The maximum absolute atomic E-state index is 11.5. The largest absolute Gasteiger partial charge is 0.335 e. The molecule has 1 rings (SSSR count). The molecule has 0 bridgehead atoms. The first-order chi connectivity index (χ1) is 8.04. The molecular weight excluding hydrogens is 224 g/mol. The maximum atomic E-state index is 11.5. The lowest BCUT2D eigenvalue weighted by molar-refractivity contribution is -0.145. The first kappa shape index (κ1) is 12.6. The van der Waals surface area contributed by atoms with Crippen molar-refractivity contribution in [3.05, 3.63) is 11.6 Å². The molecule has 0 atom stereocenters. The van der Waals surface area contributed by atoms with E-state index in [1.54, 1.807) is 13.0 Å². The third-order valence-electron chi connectivity index (χ3n) is 1.89. The number of hydrogen-bond acceptors (Lipinski definition) is 5. The SMILES string of the molecule is Cc1nc(CN(C)C(=O)C(=O)NCC#N)n[nH]1. The van der Waals surface area contributed by atoms with Crippen LogP contribution in [0.2, 0.25) is 0 Å². The predicted octanol–water partition coefficient (Wildman–Crippen LogP) is -1.29. The van der Waals surface area contributed by atoms with Crippen LogP contribution >= 0.6 is 0 Å². The molecule has 0 aliphatic heterocycles. The molecular formula is C9H12N6O2. The van der Waals surface area contributed by atoms with Crippen molar-refractivity contribution in [2.75, 3.05) is 13.6 Å². The zero-order valence-corrected chi connectivity index (χ0v) is 9.52. The molecule has 2 amide bonds. The lowest BCUT2D eigenvalue weighted by Gasteiger charge is -2.13. The zero-order valence-electron chi connectivity index (χ0n) is 9.52. The van der Waals surface area contributed by atoms with Crippen LogP contribution in [0.15, 0.2) is 0 Å². The van der Waals surface area contributed by atoms with Crippen molar-refractivity contribution in [1.82, 2.24) is 25.4 Å². The van der Waals surface area contributed by atoms with Crippen LogP contribution in [0, 0.1) is 18.3 Å². The number of carbonyl (C=O) groups excluding carboxylic acids is 2. The van der Waals surface area contributed by atoms with Crippen LogP contribution in [-0.2, 0) is 16.1 Å². The zero-order chi connectivity index (χ0) is 12.8. The standard InChI is InChI=1S/C9H12N6O2/c1-6-12-7(14-13-6)5-15(2)9(17)8(16)11-4-3-10/h4-5H2,1-2H3,(H,11,16)(H,12,13,14). The van der Waals surface area contributed by atoms with Crippen molar-refractivity contribution in [3.8, 4) is 6.07 Å². The first-order valence-corrected chi connectivity index (χ1v) is 4.82. The van der Waals surface area contributed by atoms with E-state index in [1.807, 2.05) is 0 Å².